The van der Waals surface area contributed by atoms with Crippen molar-refractivity contribution in [1.82, 2.24) is 5.32 Å². The minimum atomic E-state index is -0.881. The Morgan fingerprint density at radius 3 is 2.68 bits per heavy atom. The Labute approximate surface area is 123 Å². The quantitative estimate of drug-likeness (QED) is 0.531. The molecular weight excluding hydrogens is 280 g/mol. The summed E-state index contributed by atoms with van der Waals surface area (Å²) in [6.45, 7) is 2.05. The van der Waals surface area contributed by atoms with Crippen molar-refractivity contribution >= 4 is 40.7 Å². The molecule has 6 heteroatoms. The second kappa shape index (κ2) is 8.77. The van der Waals surface area contributed by atoms with Crippen LogP contribution in [-0.4, -0.2) is 33.7 Å². The zero-order valence-corrected chi connectivity index (χ0v) is 12.4. The molecule has 1 aromatic carbocycles. The minimum Gasteiger partial charge on any atom is -0.480 e. The summed E-state index contributed by atoms with van der Waals surface area (Å²) in [5.74, 6) is 0.905. The molecule has 1 aromatic rings. The molecule has 1 atom stereocenters. The van der Waals surface area contributed by atoms with Crippen LogP contribution >= 0.6 is 24.0 Å². The third-order valence-electron chi connectivity index (χ3n) is 2.39. The standard InChI is InChI=1S/C13H18N2O2S2/c1-2-19-9-8-11(12(16)17)15-13(18)14-10-6-4-3-5-7-10/h3-7,11H,2,8-9H2,1H3,(H,16,17)(H2,14,15,18). The van der Waals surface area contributed by atoms with E-state index in [1.165, 1.54) is 0 Å². The molecule has 0 fully saturated rings. The third-order valence-corrected chi connectivity index (χ3v) is 3.54. The van der Waals surface area contributed by atoms with Crippen LogP contribution in [0, 0.1) is 0 Å². The highest BCUT2D eigenvalue weighted by Gasteiger charge is 2.17. The number of carboxylic acid groups (broad SMARTS) is 1. The molecule has 0 amide bonds. The van der Waals surface area contributed by atoms with E-state index in [9.17, 15) is 4.79 Å². The molecule has 0 aliphatic rings. The fraction of sp³-hybridized carbons (Fsp3) is 0.385. The maximum absolute atomic E-state index is 11.1. The number of carbonyl (C=O) groups is 1. The van der Waals surface area contributed by atoms with Crippen LogP contribution in [0.15, 0.2) is 30.3 Å². The summed E-state index contributed by atoms with van der Waals surface area (Å²) in [5, 5.41) is 15.3. The van der Waals surface area contributed by atoms with Crippen LogP contribution in [0.4, 0.5) is 5.69 Å². The molecule has 0 radical (unpaired) electrons. The monoisotopic (exact) mass is 298 g/mol. The summed E-state index contributed by atoms with van der Waals surface area (Å²) >= 11 is 6.84. The SMILES string of the molecule is CCSCCC(NC(=S)Nc1ccccc1)C(=O)O. The smallest absolute Gasteiger partial charge is 0.326 e. The first-order valence-electron chi connectivity index (χ1n) is 6.06. The van der Waals surface area contributed by atoms with Crippen molar-refractivity contribution in [2.75, 3.05) is 16.8 Å². The number of hydrogen-bond acceptors (Lipinski definition) is 3. The number of rotatable bonds is 7. The Morgan fingerprint density at radius 1 is 1.42 bits per heavy atom. The van der Waals surface area contributed by atoms with Crippen LogP contribution < -0.4 is 10.6 Å². The molecule has 1 rings (SSSR count). The van der Waals surface area contributed by atoms with Crippen molar-refractivity contribution in [2.24, 2.45) is 0 Å². The maximum Gasteiger partial charge on any atom is 0.326 e. The highest BCUT2D eigenvalue weighted by molar-refractivity contribution is 7.99. The number of para-hydroxylation sites is 1. The molecule has 0 aliphatic heterocycles. The third kappa shape index (κ3) is 6.45. The Kier molecular flexibility index (Phi) is 7.28. The van der Waals surface area contributed by atoms with E-state index in [0.29, 0.717) is 11.5 Å². The van der Waals surface area contributed by atoms with Crippen LogP contribution in [0.3, 0.4) is 0 Å². The molecule has 0 saturated heterocycles. The molecule has 0 heterocycles. The van der Waals surface area contributed by atoms with Crippen molar-refractivity contribution in [1.29, 1.82) is 0 Å². The van der Waals surface area contributed by atoms with Gasteiger partial charge in [-0.25, -0.2) is 4.79 Å². The van der Waals surface area contributed by atoms with Crippen LogP contribution in [0.1, 0.15) is 13.3 Å². The number of thiocarbonyl (C=S) groups is 1. The highest BCUT2D eigenvalue weighted by atomic mass is 32.2. The molecule has 104 valence electrons. The predicted octanol–water partition coefficient (Wildman–Crippen LogP) is 2.57. The van der Waals surface area contributed by atoms with Gasteiger partial charge in [0.1, 0.15) is 6.04 Å². The number of hydrogen-bond donors (Lipinski definition) is 3. The number of nitrogens with one attached hydrogen (secondary N) is 2. The van der Waals surface area contributed by atoms with Gasteiger partial charge in [0.15, 0.2) is 5.11 Å². The van der Waals surface area contributed by atoms with Crippen LogP contribution in [0.5, 0.6) is 0 Å². The summed E-state index contributed by atoms with van der Waals surface area (Å²) in [7, 11) is 0. The summed E-state index contributed by atoms with van der Waals surface area (Å²) in [4.78, 5) is 11.1. The van der Waals surface area contributed by atoms with Gasteiger partial charge in [-0.3, -0.25) is 0 Å². The lowest BCUT2D eigenvalue weighted by molar-refractivity contribution is -0.139. The van der Waals surface area contributed by atoms with Crippen molar-refractivity contribution in [3.63, 3.8) is 0 Å². The lowest BCUT2D eigenvalue weighted by atomic mass is 10.2. The van der Waals surface area contributed by atoms with Crippen LogP contribution in [-0.2, 0) is 4.79 Å². The summed E-state index contributed by atoms with van der Waals surface area (Å²) in [5.41, 5.74) is 0.840. The van der Waals surface area contributed by atoms with E-state index >= 15 is 0 Å². The van der Waals surface area contributed by atoms with Gasteiger partial charge in [-0.15, -0.1) is 0 Å². The summed E-state index contributed by atoms with van der Waals surface area (Å²) < 4.78 is 0. The van der Waals surface area contributed by atoms with Gasteiger partial charge < -0.3 is 15.7 Å². The van der Waals surface area contributed by atoms with Gasteiger partial charge in [0.25, 0.3) is 0 Å². The van der Waals surface area contributed by atoms with Crippen molar-refractivity contribution < 1.29 is 9.90 Å². The van der Waals surface area contributed by atoms with Gasteiger partial charge in [0.05, 0.1) is 0 Å². The molecule has 1 unspecified atom stereocenters. The Balaban J connectivity index is 2.45. The number of benzene rings is 1. The minimum absolute atomic E-state index is 0.333. The highest BCUT2D eigenvalue weighted by Crippen LogP contribution is 2.07. The number of carboxylic acids is 1. The lowest BCUT2D eigenvalue weighted by Crippen LogP contribution is -2.43. The van der Waals surface area contributed by atoms with E-state index < -0.39 is 12.0 Å². The van der Waals surface area contributed by atoms with Gasteiger partial charge >= 0.3 is 5.97 Å². The number of aliphatic carboxylic acids is 1. The molecule has 0 bridgehead atoms. The fourth-order valence-electron chi connectivity index (χ4n) is 1.45. The van der Waals surface area contributed by atoms with E-state index in [1.54, 1.807) is 11.8 Å². The average Bonchev–Trinajstić information content (AvgIpc) is 2.38. The van der Waals surface area contributed by atoms with Crippen LogP contribution in [0.25, 0.3) is 0 Å². The van der Waals surface area contributed by atoms with Gasteiger partial charge in [0.2, 0.25) is 0 Å². The normalized spacial score (nSPS) is 11.6. The first-order chi connectivity index (χ1) is 9.13. The predicted molar refractivity (Wildman–Crippen MR) is 84.8 cm³/mol. The topological polar surface area (TPSA) is 61.4 Å². The van der Waals surface area contributed by atoms with Gasteiger partial charge in [-0.1, -0.05) is 25.1 Å². The number of anilines is 1. The molecule has 4 nitrogen and oxygen atoms in total. The lowest BCUT2D eigenvalue weighted by Gasteiger charge is -2.17. The Hall–Kier alpha value is -1.27. The van der Waals surface area contributed by atoms with E-state index in [0.717, 1.165) is 17.2 Å². The van der Waals surface area contributed by atoms with Crippen molar-refractivity contribution in [3.8, 4) is 0 Å². The average molecular weight is 298 g/mol. The molecule has 19 heavy (non-hydrogen) atoms. The number of thioether (sulfide) groups is 1. The maximum atomic E-state index is 11.1. The van der Waals surface area contributed by atoms with Crippen molar-refractivity contribution in [3.05, 3.63) is 30.3 Å². The summed E-state index contributed by atoms with van der Waals surface area (Å²) in [6.07, 6.45) is 0.546. The van der Waals surface area contributed by atoms with Gasteiger partial charge in [0, 0.05) is 5.69 Å². The van der Waals surface area contributed by atoms with Crippen molar-refractivity contribution in [2.45, 2.75) is 19.4 Å². The molecular formula is C13H18N2O2S2. The molecule has 3 N–H and O–H groups in total. The largest absolute Gasteiger partial charge is 0.480 e. The fourth-order valence-corrected chi connectivity index (χ4v) is 2.40. The molecule has 0 aromatic heterocycles. The van der Waals surface area contributed by atoms with Gasteiger partial charge in [-0.2, -0.15) is 11.8 Å². The Bertz CT molecular complexity index is 412. The molecule has 0 spiro atoms. The van der Waals surface area contributed by atoms with Crippen LogP contribution in [0.2, 0.25) is 0 Å². The Morgan fingerprint density at radius 2 is 2.11 bits per heavy atom. The molecule has 0 saturated carbocycles. The second-order valence-electron chi connectivity index (χ2n) is 3.84. The van der Waals surface area contributed by atoms with E-state index in [1.807, 2.05) is 30.3 Å². The summed E-state index contributed by atoms with van der Waals surface area (Å²) in [6, 6.07) is 8.77. The van der Waals surface area contributed by atoms with E-state index in [2.05, 4.69) is 17.6 Å². The van der Waals surface area contributed by atoms with E-state index in [-0.39, 0.29) is 0 Å². The van der Waals surface area contributed by atoms with Gasteiger partial charge in [-0.05, 0) is 42.3 Å². The van der Waals surface area contributed by atoms with E-state index in [4.69, 9.17) is 17.3 Å². The first-order valence-corrected chi connectivity index (χ1v) is 7.63. The second-order valence-corrected chi connectivity index (χ2v) is 5.64. The first kappa shape index (κ1) is 15.8. The zero-order chi connectivity index (χ0) is 14.1. The molecule has 0 aliphatic carbocycles. The zero-order valence-electron chi connectivity index (χ0n) is 10.8.